The Kier molecular flexibility index (Phi) is 4.17. The number of aromatic nitrogens is 1. The monoisotopic (exact) mass is 298 g/mol. The molecule has 1 aliphatic carbocycles. The lowest BCUT2D eigenvalue weighted by molar-refractivity contribution is 0.114. The predicted molar refractivity (Wildman–Crippen MR) is 71.6 cm³/mol. The van der Waals surface area contributed by atoms with Crippen LogP contribution in [-0.4, -0.2) is 23.2 Å². The molecule has 3 N–H and O–H groups in total. The fourth-order valence-corrected chi connectivity index (χ4v) is 2.48. The number of pyridine rings is 1. The first-order valence-corrected chi connectivity index (χ1v) is 6.88. The Hall–Kier alpha value is -0.450. The number of nitrogens with two attached hydrogens (primary N) is 1. The molecule has 1 aromatic heterocycles. The minimum atomic E-state index is -0.179. The third-order valence-electron chi connectivity index (χ3n) is 3.53. The largest absolute Gasteiger partial charge is 0.396 e. The summed E-state index contributed by atoms with van der Waals surface area (Å²) in [5.74, 6) is 0.765. The maximum atomic E-state index is 9.65. The third kappa shape index (κ3) is 3.50. The van der Waals surface area contributed by atoms with Gasteiger partial charge in [0.1, 0.15) is 0 Å². The van der Waals surface area contributed by atoms with Gasteiger partial charge in [0.05, 0.1) is 6.61 Å². The summed E-state index contributed by atoms with van der Waals surface area (Å²) < 4.78 is 0.978. The molecule has 0 amide bonds. The molecule has 1 unspecified atom stereocenters. The van der Waals surface area contributed by atoms with Gasteiger partial charge in [0.15, 0.2) is 0 Å². The molecule has 94 valence electrons. The van der Waals surface area contributed by atoms with Gasteiger partial charge in [0.25, 0.3) is 0 Å². The number of rotatable bonds is 6. The van der Waals surface area contributed by atoms with E-state index in [0.717, 1.165) is 28.9 Å². The normalized spacial score (nSPS) is 19.0. The molecule has 1 heterocycles. The van der Waals surface area contributed by atoms with E-state index in [1.807, 2.05) is 12.1 Å². The Morgan fingerprint density at radius 1 is 1.47 bits per heavy atom. The van der Waals surface area contributed by atoms with Gasteiger partial charge in [0.2, 0.25) is 0 Å². The molecule has 4 heteroatoms. The quantitative estimate of drug-likeness (QED) is 0.846. The van der Waals surface area contributed by atoms with E-state index in [0.29, 0.717) is 6.54 Å². The van der Waals surface area contributed by atoms with Crippen LogP contribution in [0.2, 0.25) is 0 Å². The van der Waals surface area contributed by atoms with E-state index >= 15 is 0 Å². The molecule has 1 aliphatic rings. The van der Waals surface area contributed by atoms with Gasteiger partial charge in [-0.1, -0.05) is 12.8 Å². The maximum absolute atomic E-state index is 9.65. The van der Waals surface area contributed by atoms with Gasteiger partial charge in [-0.3, -0.25) is 4.98 Å². The van der Waals surface area contributed by atoms with E-state index < -0.39 is 0 Å². The summed E-state index contributed by atoms with van der Waals surface area (Å²) in [6, 6.07) is 3.98. The van der Waals surface area contributed by atoms with Crippen molar-refractivity contribution in [1.82, 2.24) is 4.98 Å². The lowest BCUT2D eigenvalue weighted by Gasteiger charge is -2.30. The number of nitrogens with zero attached hydrogens (tertiary/aromatic N) is 1. The van der Waals surface area contributed by atoms with Crippen LogP contribution >= 0.6 is 15.9 Å². The summed E-state index contributed by atoms with van der Waals surface area (Å²) >= 11 is 3.37. The molecule has 1 fully saturated rings. The third-order valence-corrected chi connectivity index (χ3v) is 4.00. The Labute approximate surface area is 111 Å². The molecule has 17 heavy (non-hydrogen) atoms. The highest BCUT2D eigenvalue weighted by atomic mass is 79.9. The maximum Gasteiger partial charge on any atom is 0.0503 e. The fourth-order valence-electron chi connectivity index (χ4n) is 2.24. The van der Waals surface area contributed by atoms with Gasteiger partial charge in [-0.25, -0.2) is 0 Å². The lowest BCUT2D eigenvalue weighted by atomic mass is 9.79. The van der Waals surface area contributed by atoms with Crippen LogP contribution in [-0.2, 0) is 6.42 Å². The van der Waals surface area contributed by atoms with Crippen molar-refractivity contribution in [1.29, 1.82) is 0 Å². The molecule has 3 nitrogen and oxygen atoms in total. The fraction of sp³-hybridized carbons (Fsp3) is 0.615. The molecule has 2 rings (SSSR count). The summed E-state index contributed by atoms with van der Waals surface area (Å²) in [6.45, 7) is 0.676. The Bertz CT molecular complexity index is 358. The van der Waals surface area contributed by atoms with Gasteiger partial charge in [-0.2, -0.15) is 0 Å². The SMILES string of the molecule is NCC(CO)(Cc1ccc(Br)cn1)CC1CC1. The summed E-state index contributed by atoms with van der Waals surface area (Å²) in [5.41, 5.74) is 6.70. The molecule has 1 atom stereocenters. The molecule has 0 bridgehead atoms. The van der Waals surface area contributed by atoms with Crippen LogP contribution in [0.5, 0.6) is 0 Å². The van der Waals surface area contributed by atoms with Crippen molar-refractivity contribution in [3.63, 3.8) is 0 Å². The summed E-state index contributed by atoms with van der Waals surface area (Å²) in [6.07, 6.45) is 6.16. The van der Waals surface area contributed by atoms with Crippen LogP contribution in [0.3, 0.4) is 0 Å². The second-order valence-corrected chi connectivity index (χ2v) is 6.07. The van der Waals surface area contributed by atoms with Gasteiger partial charge >= 0.3 is 0 Å². The van der Waals surface area contributed by atoms with E-state index in [1.54, 1.807) is 6.20 Å². The number of aliphatic hydroxyl groups is 1. The topological polar surface area (TPSA) is 59.1 Å². The van der Waals surface area contributed by atoms with Crippen molar-refractivity contribution in [2.24, 2.45) is 17.1 Å². The number of hydrogen-bond acceptors (Lipinski definition) is 3. The van der Waals surface area contributed by atoms with Crippen molar-refractivity contribution in [2.45, 2.75) is 25.7 Å². The zero-order valence-corrected chi connectivity index (χ0v) is 11.5. The average Bonchev–Trinajstić information content (AvgIpc) is 3.15. The predicted octanol–water partition coefficient (Wildman–Crippen LogP) is 2.12. The standard InChI is InChI=1S/C13H19BrN2O/c14-11-3-4-12(16-7-11)6-13(8-15,9-17)5-10-1-2-10/h3-4,7,10,17H,1-2,5-6,8-9,15H2. The van der Waals surface area contributed by atoms with E-state index in [9.17, 15) is 5.11 Å². The van der Waals surface area contributed by atoms with Gasteiger partial charge < -0.3 is 10.8 Å². The summed E-state index contributed by atoms with van der Waals surface area (Å²) in [7, 11) is 0. The first kappa shape index (κ1) is 13.0. The second-order valence-electron chi connectivity index (χ2n) is 5.15. The van der Waals surface area contributed by atoms with Crippen LogP contribution in [0.4, 0.5) is 0 Å². The molecule has 0 saturated heterocycles. The van der Waals surface area contributed by atoms with E-state index in [-0.39, 0.29) is 12.0 Å². The molecular formula is C13H19BrN2O. The molecule has 1 aromatic rings. The molecular weight excluding hydrogens is 280 g/mol. The van der Waals surface area contributed by atoms with E-state index in [1.165, 1.54) is 12.8 Å². The van der Waals surface area contributed by atoms with Crippen LogP contribution in [0.1, 0.15) is 25.0 Å². The van der Waals surface area contributed by atoms with Crippen LogP contribution in [0, 0.1) is 11.3 Å². The van der Waals surface area contributed by atoms with Crippen LogP contribution in [0.15, 0.2) is 22.8 Å². The molecule has 1 saturated carbocycles. The number of hydrogen-bond donors (Lipinski definition) is 2. The Morgan fingerprint density at radius 3 is 2.71 bits per heavy atom. The van der Waals surface area contributed by atoms with Crippen molar-refractivity contribution >= 4 is 15.9 Å². The minimum absolute atomic E-state index is 0.151. The zero-order valence-electron chi connectivity index (χ0n) is 9.90. The van der Waals surface area contributed by atoms with Gasteiger partial charge in [-0.05, 0) is 46.8 Å². The molecule has 0 spiro atoms. The van der Waals surface area contributed by atoms with Crippen LogP contribution in [0.25, 0.3) is 0 Å². The molecule has 0 radical (unpaired) electrons. The van der Waals surface area contributed by atoms with Gasteiger partial charge in [0, 0.05) is 28.3 Å². The van der Waals surface area contributed by atoms with E-state index in [4.69, 9.17) is 5.73 Å². The number of aliphatic hydroxyl groups excluding tert-OH is 1. The zero-order chi connectivity index (χ0) is 12.3. The first-order chi connectivity index (χ1) is 8.17. The molecule has 0 aliphatic heterocycles. The minimum Gasteiger partial charge on any atom is -0.396 e. The average molecular weight is 299 g/mol. The molecule has 0 aromatic carbocycles. The van der Waals surface area contributed by atoms with Crippen molar-refractivity contribution in [3.8, 4) is 0 Å². The highest BCUT2D eigenvalue weighted by Crippen LogP contribution is 2.41. The second kappa shape index (κ2) is 5.46. The summed E-state index contributed by atoms with van der Waals surface area (Å²) in [4.78, 5) is 4.37. The smallest absolute Gasteiger partial charge is 0.0503 e. The Morgan fingerprint density at radius 2 is 2.24 bits per heavy atom. The summed E-state index contributed by atoms with van der Waals surface area (Å²) in [5, 5.41) is 9.65. The van der Waals surface area contributed by atoms with Crippen LogP contribution < -0.4 is 5.73 Å². The van der Waals surface area contributed by atoms with Crippen molar-refractivity contribution in [3.05, 3.63) is 28.5 Å². The highest BCUT2D eigenvalue weighted by Gasteiger charge is 2.36. The van der Waals surface area contributed by atoms with Gasteiger partial charge in [-0.15, -0.1) is 0 Å². The van der Waals surface area contributed by atoms with E-state index in [2.05, 4.69) is 20.9 Å². The number of halogens is 1. The first-order valence-electron chi connectivity index (χ1n) is 6.09. The van der Waals surface area contributed by atoms with Crippen molar-refractivity contribution < 1.29 is 5.11 Å². The van der Waals surface area contributed by atoms with Crippen molar-refractivity contribution in [2.75, 3.05) is 13.2 Å². The highest BCUT2D eigenvalue weighted by molar-refractivity contribution is 9.10. The lowest BCUT2D eigenvalue weighted by Crippen LogP contribution is -2.37. The Balaban J connectivity index is 2.07.